The maximum Gasteiger partial charge on any atom is 0.306 e. The summed E-state index contributed by atoms with van der Waals surface area (Å²) in [6.07, 6.45) is 20.4. The smallest absolute Gasteiger partial charge is 0.306 e. The molecule has 0 fully saturated rings. The highest BCUT2D eigenvalue weighted by Gasteiger charge is 2.30. The summed E-state index contributed by atoms with van der Waals surface area (Å²) in [5, 5.41) is 30.1. The Balaban J connectivity index is 4.78. The predicted molar refractivity (Wildman–Crippen MR) is 152 cm³/mol. The number of hydrogen-bond donors (Lipinski definition) is 2. The fourth-order valence-corrected chi connectivity index (χ4v) is 4.77. The van der Waals surface area contributed by atoms with Gasteiger partial charge in [0.1, 0.15) is 0 Å². The molecule has 7 nitrogen and oxygen atoms in total. The summed E-state index contributed by atoms with van der Waals surface area (Å²) >= 11 is 0. The summed E-state index contributed by atoms with van der Waals surface area (Å²) in [5.74, 6) is -4.32. The van der Waals surface area contributed by atoms with Gasteiger partial charge in [-0.25, -0.2) is 0 Å². The van der Waals surface area contributed by atoms with Gasteiger partial charge in [-0.15, -0.1) is 0 Å². The van der Waals surface area contributed by atoms with Gasteiger partial charge in [0.25, 0.3) is 0 Å². The Kier molecular flexibility index (Phi) is 20.9. The Bertz CT molecular complexity index is 617. The summed E-state index contributed by atoms with van der Waals surface area (Å²) in [6, 6.07) is 0. The number of quaternary nitrogens is 1. The number of unbranched alkanes of at least 4 members (excludes halogenated alkanes) is 10. The van der Waals surface area contributed by atoms with Crippen LogP contribution < -0.4 is 5.11 Å². The Labute approximate surface area is 232 Å². The molecule has 3 unspecified atom stereocenters. The Morgan fingerprint density at radius 3 is 1.45 bits per heavy atom. The molecule has 0 saturated carbocycles. The summed E-state index contributed by atoms with van der Waals surface area (Å²) in [6.45, 7) is 9.91. The van der Waals surface area contributed by atoms with Gasteiger partial charge in [0, 0.05) is 31.1 Å². The largest absolute Gasteiger partial charge is 0.550 e. The van der Waals surface area contributed by atoms with Crippen molar-refractivity contribution < 1.29 is 34.2 Å². The molecular weight excluding hydrogens is 482 g/mol. The zero-order valence-corrected chi connectivity index (χ0v) is 24.8. The monoisotopic (exact) mass is 539 g/mol. The van der Waals surface area contributed by atoms with Crippen LogP contribution in [0.1, 0.15) is 124 Å². The van der Waals surface area contributed by atoms with Crippen molar-refractivity contribution in [1.29, 1.82) is 0 Å². The lowest BCUT2D eigenvalue weighted by molar-refractivity contribution is -0.929. The maximum atomic E-state index is 11.5. The van der Waals surface area contributed by atoms with E-state index in [-0.39, 0.29) is 0 Å². The van der Waals surface area contributed by atoms with Gasteiger partial charge in [-0.05, 0) is 32.1 Å². The molecule has 0 aliphatic heterocycles. The van der Waals surface area contributed by atoms with Crippen molar-refractivity contribution in [2.75, 3.05) is 26.2 Å². The topological polar surface area (TPSA) is 115 Å². The molecule has 3 atom stereocenters. The van der Waals surface area contributed by atoms with Crippen LogP contribution in [0, 0.1) is 17.8 Å². The van der Waals surface area contributed by atoms with Gasteiger partial charge in [0.15, 0.2) is 0 Å². The van der Waals surface area contributed by atoms with Crippen LogP contribution in [-0.4, -0.2) is 58.8 Å². The lowest BCUT2D eigenvalue weighted by atomic mass is 10.0. The van der Waals surface area contributed by atoms with Crippen molar-refractivity contribution in [2.45, 2.75) is 124 Å². The highest BCUT2D eigenvalue weighted by Crippen LogP contribution is 2.22. The molecule has 2 N–H and O–H groups in total. The second kappa shape index (κ2) is 22.0. The van der Waals surface area contributed by atoms with E-state index in [0.29, 0.717) is 43.4 Å². The van der Waals surface area contributed by atoms with Gasteiger partial charge in [0.05, 0.1) is 38.0 Å². The fourth-order valence-electron chi connectivity index (χ4n) is 4.77. The number of rotatable bonds is 26. The first-order chi connectivity index (χ1) is 18.0. The molecule has 0 aromatic heterocycles. The summed E-state index contributed by atoms with van der Waals surface area (Å²) < 4.78 is 0.582. The van der Waals surface area contributed by atoms with E-state index in [9.17, 15) is 29.7 Å². The number of allylic oxidation sites excluding steroid dienone is 2. The van der Waals surface area contributed by atoms with Crippen LogP contribution in [0.2, 0.25) is 0 Å². The van der Waals surface area contributed by atoms with Crippen molar-refractivity contribution in [1.82, 2.24) is 0 Å². The van der Waals surface area contributed by atoms with E-state index in [2.05, 4.69) is 19.1 Å². The number of carboxylic acid groups (broad SMARTS) is 3. The summed E-state index contributed by atoms with van der Waals surface area (Å²) in [5.41, 5.74) is 0. The quantitative estimate of drug-likeness (QED) is 0.0784. The molecule has 0 saturated heterocycles. The lowest BCUT2D eigenvalue weighted by Gasteiger charge is -2.41. The zero-order chi connectivity index (χ0) is 28.8. The van der Waals surface area contributed by atoms with Crippen molar-refractivity contribution in [3.05, 3.63) is 12.2 Å². The second-order valence-electron chi connectivity index (χ2n) is 11.5. The number of hydrogen-bond acceptors (Lipinski definition) is 4. The minimum Gasteiger partial charge on any atom is -0.550 e. The zero-order valence-electron chi connectivity index (χ0n) is 24.8. The summed E-state index contributed by atoms with van der Waals surface area (Å²) in [4.78, 5) is 34.2. The molecule has 222 valence electrons. The van der Waals surface area contributed by atoms with Gasteiger partial charge in [-0.2, -0.15) is 0 Å². The van der Waals surface area contributed by atoms with E-state index < -0.39 is 35.7 Å². The van der Waals surface area contributed by atoms with E-state index in [1.807, 2.05) is 0 Å². The second-order valence-corrected chi connectivity index (χ2v) is 11.5. The van der Waals surface area contributed by atoms with E-state index >= 15 is 0 Å². The van der Waals surface area contributed by atoms with Crippen LogP contribution in [0.5, 0.6) is 0 Å². The van der Waals surface area contributed by atoms with Crippen molar-refractivity contribution in [2.24, 2.45) is 17.8 Å². The molecule has 0 radical (unpaired) electrons. The van der Waals surface area contributed by atoms with Gasteiger partial charge in [-0.1, -0.05) is 84.8 Å². The molecular formula is C31H57NO6. The molecule has 0 amide bonds. The molecule has 0 spiro atoms. The molecule has 0 aliphatic carbocycles. The first kappa shape index (κ1) is 36.1. The van der Waals surface area contributed by atoms with E-state index in [1.54, 1.807) is 20.8 Å². The predicted octanol–water partition coefficient (Wildman–Crippen LogP) is 6.06. The van der Waals surface area contributed by atoms with Crippen LogP contribution in [0.15, 0.2) is 12.2 Å². The first-order valence-corrected chi connectivity index (χ1v) is 15.2. The number of aliphatic carboxylic acids is 3. The number of carboxylic acids is 3. The third kappa shape index (κ3) is 18.4. The van der Waals surface area contributed by atoms with Crippen LogP contribution in [0.25, 0.3) is 0 Å². The minimum absolute atomic E-state index is 0.443. The highest BCUT2D eigenvalue weighted by atomic mass is 16.4. The van der Waals surface area contributed by atoms with Gasteiger partial charge >= 0.3 is 11.9 Å². The van der Waals surface area contributed by atoms with E-state index in [0.717, 1.165) is 25.8 Å². The van der Waals surface area contributed by atoms with Crippen molar-refractivity contribution in [3.8, 4) is 0 Å². The first-order valence-electron chi connectivity index (χ1n) is 15.2. The molecule has 38 heavy (non-hydrogen) atoms. The molecule has 7 heteroatoms. The van der Waals surface area contributed by atoms with Crippen LogP contribution in [0.4, 0.5) is 0 Å². The summed E-state index contributed by atoms with van der Waals surface area (Å²) in [7, 11) is 0. The SMILES string of the molecule is CCCC/C=C/CCCCCCCCCC[N+](CCC(C)C(=O)[O-])(CCC(C)C(=O)O)CCC(C)C(=O)O. The number of carbonyl (C=O) groups is 3. The third-order valence-electron chi connectivity index (χ3n) is 8.00. The molecule has 0 aliphatic rings. The van der Waals surface area contributed by atoms with E-state index in [4.69, 9.17) is 0 Å². The van der Waals surface area contributed by atoms with Crippen molar-refractivity contribution in [3.63, 3.8) is 0 Å². The molecule has 0 aromatic rings. The fraction of sp³-hybridized carbons (Fsp3) is 0.839. The Morgan fingerprint density at radius 1 is 0.632 bits per heavy atom. The van der Waals surface area contributed by atoms with Crippen molar-refractivity contribution >= 4 is 17.9 Å². The standard InChI is InChI=1S/C31H57NO6/c1-5-6-7-8-9-10-11-12-13-14-15-16-17-18-22-32(23-19-26(2)29(33)34,24-20-27(3)30(35)36)25-21-28(4)31(37)38/h8-9,26-28H,5-7,10-25H2,1-4H3,(H2-,33,34,35,36,37,38)/b9-8+. The Hall–Kier alpha value is -1.89. The van der Waals surface area contributed by atoms with Crippen LogP contribution in [-0.2, 0) is 14.4 Å². The molecule has 0 heterocycles. The third-order valence-corrected chi connectivity index (χ3v) is 8.00. The molecule has 0 bridgehead atoms. The molecule has 0 aromatic carbocycles. The number of nitrogens with zero attached hydrogens (tertiary/aromatic N) is 1. The highest BCUT2D eigenvalue weighted by molar-refractivity contribution is 5.69. The lowest BCUT2D eigenvalue weighted by Crippen LogP contribution is -2.52. The van der Waals surface area contributed by atoms with Gasteiger partial charge in [-0.3, -0.25) is 9.59 Å². The van der Waals surface area contributed by atoms with Crippen LogP contribution >= 0.6 is 0 Å². The van der Waals surface area contributed by atoms with Crippen LogP contribution in [0.3, 0.4) is 0 Å². The number of carbonyl (C=O) groups excluding carboxylic acids is 1. The maximum absolute atomic E-state index is 11.5. The van der Waals surface area contributed by atoms with Gasteiger partial charge < -0.3 is 24.6 Å². The molecule has 0 rings (SSSR count). The Morgan fingerprint density at radius 2 is 1.03 bits per heavy atom. The van der Waals surface area contributed by atoms with E-state index in [1.165, 1.54) is 57.8 Å². The van der Waals surface area contributed by atoms with Gasteiger partial charge in [0.2, 0.25) is 0 Å². The minimum atomic E-state index is -1.08. The normalized spacial score (nSPS) is 15.7. The average molecular weight is 540 g/mol. The average Bonchev–Trinajstić information content (AvgIpc) is 2.88.